The quantitative estimate of drug-likeness (QED) is 0.342. The first-order chi connectivity index (χ1) is 17.2. The van der Waals surface area contributed by atoms with Crippen LogP contribution in [0.4, 0.5) is 0 Å². The molecular weight excluding hydrogens is 484 g/mol. The molecule has 1 heterocycles. The van der Waals surface area contributed by atoms with Gasteiger partial charge in [-0.05, 0) is 43.7 Å². The maximum absolute atomic E-state index is 13.0. The molecule has 0 radical (unpaired) electrons. The van der Waals surface area contributed by atoms with E-state index in [1.165, 1.54) is 12.1 Å². The van der Waals surface area contributed by atoms with Crippen molar-refractivity contribution in [2.24, 2.45) is 0 Å². The summed E-state index contributed by atoms with van der Waals surface area (Å²) in [6, 6.07) is 23.7. The highest BCUT2D eigenvalue weighted by molar-refractivity contribution is 7.86. The Morgan fingerprint density at radius 2 is 1.56 bits per heavy atom. The highest BCUT2D eigenvalue weighted by Gasteiger charge is 2.52. The molecule has 1 aliphatic heterocycles. The minimum atomic E-state index is -4.30. The lowest BCUT2D eigenvalue weighted by Gasteiger charge is -2.26. The van der Waals surface area contributed by atoms with E-state index in [2.05, 4.69) is 0 Å². The van der Waals surface area contributed by atoms with E-state index in [-0.39, 0.29) is 17.1 Å². The van der Waals surface area contributed by atoms with E-state index < -0.39 is 46.8 Å². The molecule has 1 aliphatic rings. The summed E-state index contributed by atoms with van der Waals surface area (Å²) >= 11 is 0. The van der Waals surface area contributed by atoms with E-state index in [1.54, 1.807) is 49.4 Å². The van der Waals surface area contributed by atoms with Gasteiger partial charge >= 0.3 is 5.97 Å². The summed E-state index contributed by atoms with van der Waals surface area (Å²) in [4.78, 5) is 12.8. The van der Waals surface area contributed by atoms with Crippen LogP contribution in [-0.4, -0.2) is 50.2 Å². The van der Waals surface area contributed by atoms with Crippen molar-refractivity contribution in [2.45, 2.75) is 56.1 Å². The van der Waals surface area contributed by atoms with Crippen molar-refractivity contribution in [2.75, 3.05) is 0 Å². The Bertz CT molecular complexity index is 1250. The second kappa shape index (κ2) is 11.3. The third kappa shape index (κ3) is 6.18. The molecule has 3 aromatic carbocycles. The maximum atomic E-state index is 13.0. The fourth-order valence-corrected chi connectivity index (χ4v) is 4.93. The fourth-order valence-electron chi connectivity index (χ4n) is 3.85. The summed E-state index contributed by atoms with van der Waals surface area (Å²) in [5.74, 6) is -0.708. The van der Waals surface area contributed by atoms with Gasteiger partial charge < -0.3 is 19.3 Å². The molecule has 0 aromatic heterocycles. The standard InChI is InChI=1S/C27H28O8S/c1-18-13-15-22(16-14-18)36(30,31)35-25-24(34-26(28)21-11-7-4-8-12-21)23(33-27(25)29)19(2)32-17-20-9-5-3-6-10-20/h3-16,19,23-25,27,29H,17H2,1-2H3/t19-,23+,24-,25+,27+/m1/s1. The zero-order valence-corrected chi connectivity index (χ0v) is 20.7. The van der Waals surface area contributed by atoms with Crippen LogP contribution in [0.1, 0.15) is 28.4 Å². The predicted octanol–water partition coefficient (Wildman–Crippen LogP) is 3.62. The molecule has 9 heteroatoms. The molecule has 0 aliphatic carbocycles. The van der Waals surface area contributed by atoms with Gasteiger partial charge in [0.25, 0.3) is 10.1 Å². The Hall–Kier alpha value is -3.08. The van der Waals surface area contributed by atoms with Crippen LogP contribution in [0.2, 0.25) is 0 Å². The number of esters is 1. The Labute approximate surface area is 210 Å². The second-order valence-corrected chi connectivity index (χ2v) is 10.1. The Balaban J connectivity index is 1.57. The largest absolute Gasteiger partial charge is 0.453 e. The molecule has 1 fully saturated rings. The van der Waals surface area contributed by atoms with E-state index in [0.717, 1.165) is 11.1 Å². The normalized spacial score (nSPS) is 22.8. The Morgan fingerprint density at radius 3 is 2.19 bits per heavy atom. The number of aryl methyl sites for hydroxylation is 1. The smallest absolute Gasteiger partial charge is 0.338 e. The minimum Gasteiger partial charge on any atom is -0.453 e. The molecular formula is C27H28O8S. The van der Waals surface area contributed by atoms with Gasteiger partial charge in [-0.1, -0.05) is 66.2 Å². The highest BCUT2D eigenvalue weighted by atomic mass is 32.2. The van der Waals surface area contributed by atoms with Crippen molar-refractivity contribution in [1.82, 2.24) is 0 Å². The van der Waals surface area contributed by atoms with E-state index in [0.29, 0.717) is 0 Å². The molecule has 0 saturated carbocycles. The average molecular weight is 513 g/mol. The first-order valence-corrected chi connectivity index (χ1v) is 12.9. The SMILES string of the molecule is Cc1ccc(S(=O)(=O)O[C@H]2[C@H](OC(=O)c3ccccc3)[C@H]([C@@H](C)OCc3ccccc3)O[C@@H]2O)cc1. The van der Waals surface area contributed by atoms with Crippen LogP contribution in [-0.2, 0) is 35.1 Å². The molecule has 0 bridgehead atoms. The summed E-state index contributed by atoms with van der Waals surface area (Å²) < 4.78 is 48.6. The summed E-state index contributed by atoms with van der Waals surface area (Å²) in [5.41, 5.74) is 2.04. The van der Waals surface area contributed by atoms with Crippen molar-refractivity contribution in [3.63, 3.8) is 0 Å². The van der Waals surface area contributed by atoms with Crippen molar-refractivity contribution < 1.29 is 36.7 Å². The van der Waals surface area contributed by atoms with Crippen molar-refractivity contribution >= 4 is 16.1 Å². The first-order valence-electron chi connectivity index (χ1n) is 11.5. The van der Waals surface area contributed by atoms with Crippen LogP contribution < -0.4 is 0 Å². The summed E-state index contributed by atoms with van der Waals surface area (Å²) in [6.07, 6.45) is -6.11. The highest BCUT2D eigenvalue weighted by Crippen LogP contribution is 2.32. The number of aliphatic hydroxyl groups excluding tert-OH is 1. The summed E-state index contributed by atoms with van der Waals surface area (Å²) in [6.45, 7) is 3.76. The van der Waals surface area contributed by atoms with Gasteiger partial charge in [0.15, 0.2) is 18.5 Å². The molecule has 4 rings (SSSR count). The molecule has 1 N–H and O–H groups in total. The fraction of sp³-hybridized carbons (Fsp3) is 0.296. The van der Waals surface area contributed by atoms with Crippen LogP contribution in [0.5, 0.6) is 0 Å². The topological polar surface area (TPSA) is 108 Å². The number of carbonyl (C=O) groups excluding carboxylic acids is 1. The summed E-state index contributed by atoms with van der Waals surface area (Å²) in [5, 5.41) is 10.6. The Kier molecular flexibility index (Phi) is 8.17. The number of aliphatic hydroxyl groups is 1. The van der Waals surface area contributed by atoms with E-state index in [1.807, 2.05) is 37.3 Å². The van der Waals surface area contributed by atoms with Gasteiger partial charge in [-0.25, -0.2) is 4.79 Å². The number of ether oxygens (including phenoxy) is 3. The Morgan fingerprint density at radius 1 is 0.944 bits per heavy atom. The second-order valence-electron chi connectivity index (χ2n) is 8.56. The maximum Gasteiger partial charge on any atom is 0.338 e. The van der Waals surface area contributed by atoms with Gasteiger partial charge in [-0.3, -0.25) is 4.18 Å². The molecule has 3 aromatic rings. The molecule has 190 valence electrons. The summed E-state index contributed by atoms with van der Waals surface area (Å²) in [7, 11) is -4.30. The number of rotatable bonds is 9. The lowest BCUT2D eigenvalue weighted by atomic mass is 10.1. The van der Waals surface area contributed by atoms with Crippen LogP contribution in [0.25, 0.3) is 0 Å². The van der Waals surface area contributed by atoms with Gasteiger partial charge in [0, 0.05) is 0 Å². The van der Waals surface area contributed by atoms with Gasteiger partial charge in [-0.2, -0.15) is 8.42 Å². The monoisotopic (exact) mass is 512 g/mol. The van der Waals surface area contributed by atoms with Gasteiger partial charge in [0.2, 0.25) is 0 Å². The van der Waals surface area contributed by atoms with Gasteiger partial charge in [-0.15, -0.1) is 0 Å². The molecule has 5 atom stereocenters. The predicted molar refractivity (Wildman–Crippen MR) is 130 cm³/mol. The molecule has 0 amide bonds. The number of hydrogen-bond donors (Lipinski definition) is 1. The van der Waals surface area contributed by atoms with Crippen molar-refractivity contribution in [1.29, 1.82) is 0 Å². The van der Waals surface area contributed by atoms with Crippen LogP contribution in [0.15, 0.2) is 89.8 Å². The first kappa shape index (κ1) is 26.0. The number of carbonyl (C=O) groups is 1. The van der Waals surface area contributed by atoms with Gasteiger partial charge in [0.1, 0.15) is 6.10 Å². The molecule has 0 spiro atoms. The zero-order valence-electron chi connectivity index (χ0n) is 19.9. The van der Waals surface area contributed by atoms with E-state index in [9.17, 15) is 18.3 Å². The third-order valence-corrected chi connectivity index (χ3v) is 7.17. The average Bonchev–Trinajstić information content (AvgIpc) is 3.18. The number of benzene rings is 3. The van der Waals surface area contributed by atoms with Crippen LogP contribution >= 0.6 is 0 Å². The molecule has 1 saturated heterocycles. The molecule has 8 nitrogen and oxygen atoms in total. The van der Waals surface area contributed by atoms with Crippen molar-refractivity contribution in [3.05, 3.63) is 102 Å². The zero-order chi connectivity index (χ0) is 25.7. The molecule has 0 unspecified atom stereocenters. The van der Waals surface area contributed by atoms with Crippen LogP contribution in [0, 0.1) is 6.92 Å². The minimum absolute atomic E-state index is 0.0924. The third-order valence-electron chi connectivity index (χ3n) is 5.84. The van der Waals surface area contributed by atoms with Gasteiger partial charge in [0.05, 0.1) is 23.2 Å². The van der Waals surface area contributed by atoms with E-state index >= 15 is 0 Å². The van der Waals surface area contributed by atoms with E-state index in [4.69, 9.17) is 18.4 Å². The lowest BCUT2D eigenvalue weighted by Crippen LogP contribution is -2.44. The van der Waals surface area contributed by atoms with Crippen molar-refractivity contribution in [3.8, 4) is 0 Å². The molecule has 36 heavy (non-hydrogen) atoms. The number of hydrogen-bond acceptors (Lipinski definition) is 8. The van der Waals surface area contributed by atoms with Crippen LogP contribution in [0.3, 0.4) is 0 Å². The lowest BCUT2D eigenvalue weighted by molar-refractivity contribution is -0.150.